The summed E-state index contributed by atoms with van der Waals surface area (Å²) in [5.41, 5.74) is 3.21. The van der Waals surface area contributed by atoms with E-state index in [4.69, 9.17) is 4.52 Å². The van der Waals surface area contributed by atoms with Crippen molar-refractivity contribution in [3.05, 3.63) is 76.1 Å². The number of aromatic nitrogens is 2. The van der Waals surface area contributed by atoms with Crippen molar-refractivity contribution >= 4 is 21.9 Å². The molecule has 1 fully saturated rings. The molecule has 0 radical (unpaired) electrons. The van der Waals surface area contributed by atoms with Gasteiger partial charge in [-0.15, -0.1) is 0 Å². The lowest BCUT2D eigenvalue weighted by Gasteiger charge is -2.32. The first-order valence-electron chi connectivity index (χ1n) is 10.9. The molecule has 3 aromatic rings. The molecule has 0 bridgehead atoms. The van der Waals surface area contributed by atoms with Gasteiger partial charge < -0.3 is 4.52 Å². The molecule has 4 rings (SSSR count). The topological polar surface area (TPSA) is 88.7 Å². The Balaban J connectivity index is 1.37. The summed E-state index contributed by atoms with van der Waals surface area (Å²) in [5, 5.41) is 5.31. The van der Waals surface area contributed by atoms with Crippen LogP contribution >= 0.6 is 0 Å². The summed E-state index contributed by atoms with van der Waals surface area (Å²) >= 11 is 0. The first kappa shape index (κ1) is 23.2. The summed E-state index contributed by atoms with van der Waals surface area (Å²) in [6.45, 7) is 7.62. The minimum Gasteiger partial charge on any atom is -0.360 e. The van der Waals surface area contributed by atoms with Crippen LogP contribution in [0, 0.1) is 20.8 Å². The van der Waals surface area contributed by atoms with Crippen molar-refractivity contribution in [1.82, 2.24) is 18.9 Å². The molecule has 1 saturated heterocycles. The lowest BCUT2D eigenvalue weighted by molar-refractivity contribution is 0.0901. The summed E-state index contributed by atoms with van der Waals surface area (Å²) in [7, 11) is -3.50. The average molecular weight is 469 g/mol. The van der Waals surface area contributed by atoms with Crippen LogP contribution in [0.5, 0.6) is 0 Å². The van der Waals surface area contributed by atoms with E-state index in [1.165, 1.54) is 9.71 Å². The Hall–Kier alpha value is -3.01. The van der Waals surface area contributed by atoms with E-state index in [0.29, 0.717) is 43.3 Å². The van der Waals surface area contributed by atoms with E-state index >= 15 is 0 Å². The van der Waals surface area contributed by atoms with Crippen molar-refractivity contribution in [2.75, 3.05) is 32.7 Å². The Morgan fingerprint density at radius 1 is 1.06 bits per heavy atom. The maximum Gasteiger partial charge on any atom is 0.236 e. The lowest BCUT2D eigenvalue weighted by Crippen LogP contribution is -2.49. The molecule has 0 atom stereocenters. The van der Waals surface area contributed by atoms with Crippen molar-refractivity contribution in [1.29, 1.82) is 0 Å². The van der Waals surface area contributed by atoms with Crippen LogP contribution in [-0.2, 0) is 10.0 Å². The number of rotatable bonds is 7. The standard InChI is InChI=1S/C24H28N4O4S/c1-18-15-22(20(3)28(18)24-16-19(2)32-25-24)23(29)17-26-10-12-27(13-11-26)33(30,31)14-9-21-7-5-4-6-8-21/h4-9,14-16H,10-13,17H2,1-3H3. The van der Waals surface area contributed by atoms with Crippen LogP contribution < -0.4 is 0 Å². The third kappa shape index (κ3) is 5.16. The number of ketones is 1. The predicted molar refractivity (Wildman–Crippen MR) is 127 cm³/mol. The quantitative estimate of drug-likeness (QED) is 0.495. The van der Waals surface area contributed by atoms with Gasteiger partial charge in [0.05, 0.1) is 6.54 Å². The highest BCUT2D eigenvalue weighted by Crippen LogP contribution is 2.22. The van der Waals surface area contributed by atoms with Gasteiger partial charge in [-0.05, 0) is 38.5 Å². The van der Waals surface area contributed by atoms with Gasteiger partial charge in [0.1, 0.15) is 5.76 Å². The van der Waals surface area contributed by atoms with Gasteiger partial charge in [-0.2, -0.15) is 4.31 Å². The van der Waals surface area contributed by atoms with Gasteiger partial charge in [-0.3, -0.25) is 14.3 Å². The van der Waals surface area contributed by atoms with Crippen LogP contribution in [0.15, 0.2) is 52.4 Å². The zero-order chi connectivity index (χ0) is 23.6. The number of benzene rings is 1. The molecule has 1 aliphatic rings. The van der Waals surface area contributed by atoms with E-state index in [2.05, 4.69) is 5.16 Å². The molecule has 174 valence electrons. The molecule has 3 heterocycles. The molecule has 33 heavy (non-hydrogen) atoms. The molecule has 1 aromatic carbocycles. The Bertz CT molecular complexity index is 1270. The van der Waals surface area contributed by atoms with Gasteiger partial charge >= 0.3 is 0 Å². The fourth-order valence-electron chi connectivity index (χ4n) is 4.10. The number of nitrogens with zero attached hydrogens (tertiary/aromatic N) is 4. The van der Waals surface area contributed by atoms with Crippen molar-refractivity contribution in [2.24, 2.45) is 0 Å². The maximum atomic E-state index is 13.0. The number of carbonyl (C=O) groups is 1. The smallest absolute Gasteiger partial charge is 0.236 e. The number of aryl methyl sites for hydroxylation is 2. The second-order valence-corrected chi connectivity index (χ2v) is 10.1. The molecule has 1 aliphatic heterocycles. The van der Waals surface area contributed by atoms with E-state index in [0.717, 1.165) is 17.0 Å². The average Bonchev–Trinajstić information content (AvgIpc) is 3.35. The maximum absolute atomic E-state index is 13.0. The first-order chi connectivity index (χ1) is 15.7. The molecule has 2 aromatic heterocycles. The third-order valence-corrected chi connectivity index (χ3v) is 7.43. The zero-order valence-electron chi connectivity index (χ0n) is 19.1. The molecule has 0 spiro atoms. The van der Waals surface area contributed by atoms with Crippen molar-refractivity contribution in [2.45, 2.75) is 20.8 Å². The van der Waals surface area contributed by atoms with Gasteiger partial charge in [0.15, 0.2) is 11.6 Å². The Kier molecular flexibility index (Phi) is 6.64. The van der Waals surface area contributed by atoms with Crippen molar-refractivity contribution in [3.63, 3.8) is 0 Å². The molecule has 9 heteroatoms. The molecule has 0 unspecified atom stereocenters. The molecule has 0 N–H and O–H groups in total. The summed E-state index contributed by atoms with van der Waals surface area (Å²) in [4.78, 5) is 15.0. The number of hydrogen-bond donors (Lipinski definition) is 0. The van der Waals surface area contributed by atoms with Crippen LogP contribution in [0.2, 0.25) is 0 Å². The SMILES string of the molecule is Cc1cc(-n2c(C)cc(C(=O)CN3CCN(S(=O)(=O)C=Cc4ccccc4)CC3)c2C)no1. The Morgan fingerprint density at radius 3 is 2.39 bits per heavy atom. The second-order valence-electron chi connectivity index (χ2n) is 8.27. The third-order valence-electron chi connectivity index (χ3n) is 5.87. The highest BCUT2D eigenvalue weighted by molar-refractivity contribution is 7.92. The van der Waals surface area contributed by atoms with E-state index in [-0.39, 0.29) is 12.3 Å². The largest absolute Gasteiger partial charge is 0.360 e. The second kappa shape index (κ2) is 9.46. The monoisotopic (exact) mass is 468 g/mol. The highest BCUT2D eigenvalue weighted by Gasteiger charge is 2.27. The van der Waals surface area contributed by atoms with E-state index in [1.54, 1.807) is 6.08 Å². The van der Waals surface area contributed by atoms with E-state index in [1.807, 2.05) is 72.7 Å². The number of piperazine rings is 1. The fraction of sp³-hybridized carbons (Fsp3) is 0.333. The normalized spacial score (nSPS) is 16.0. The molecule has 0 amide bonds. The van der Waals surface area contributed by atoms with Gasteiger partial charge in [-0.1, -0.05) is 35.5 Å². The predicted octanol–water partition coefficient (Wildman–Crippen LogP) is 3.19. The van der Waals surface area contributed by atoms with Gasteiger partial charge in [-0.25, -0.2) is 8.42 Å². The Labute approximate surface area is 194 Å². The Morgan fingerprint density at radius 2 is 1.76 bits per heavy atom. The van der Waals surface area contributed by atoms with Crippen LogP contribution in [0.1, 0.15) is 33.1 Å². The lowest BCUT2D eigenvalue weighted by atomic mass is 10.1. The summed E-state index contributed by atoms with van der Waals surface area (Å²) in [6, 6.07) is 13.0. The number of hydrogen-bond acceptors (Lipinski definition) is 6. The molecule has 0 saturated carbocycles. The van der Waals surface area contributed by atoms with Crippen LogP contribution in [0.3, 0.4) is 0 Å². The summed E-state index contributed by atoms with van der Waals surface area (Å²) in [5.74, 6) is 1.37. The minimum atomic E-state index is -3.50. The minimum absolute atomic E-state index is 0.00912. The molecular weight excluding hydrogens is 440 g/mol. The van der Waals surface area contributed by atoms with Crippen LogP contribution in [-0.4, -0.2) is 65.9 Å². The highest BCUT2D eigenvalue weighted by atomic mass is 32.2. The van der Waals surface area contributed by atoms with Crippen LogP contribution in [0.25, 0.3) is 11.9 Å². The van der Waals surface area contributed by atoms with E-state index in [9.17, 15) is 13.2 Å². The number of sulfonamides is 1. The number of carbonyl (C=O) groups excluding carboxylic acids is 1. The van der Waals surface area contributed by atoms with Gasteiger partial charge in [0, 0.05) is 54.6 Å². The zero-order valence-corrected chi connectivity index (χ0v) is 19.9. The van der Waals surface area contributed by atoms with Crippen molar-refractivity contribution in [3.8, 4) is 5.82 Å². The van der Waals surface area contributed by atoms with Crippen LogP contribution in [0.4, 0.5) is 0 Å². The summed E-state index contributed by atoms with van der Waals surface area (Å²) in [6.07, 6.45) is 1.61. The molecule has 0 aliphatic carbocycles. The van der Waals surface area contributed by atoms with Gasteiger partial charge in [0.2, 0.25) is 10.0 Å². The molecule has 8 nitrogen and oxygen atoms in total. The number of Topliss-reactive ketones (excluding diaryl/α,β-unsaturated/α-hetero) is 1. The van der Waals surface area contributed by atoms with Gasteiger partial charge in [0.25, 0.3) is 0 Å². The fourth-order valence-corrected chi connectivity index (χ4v) is 5.27. The van der Waals surface area contributed by atoms with Crippen molar-refractivity contribution < 1.29 is 17.7 Å². The molecular formula is C24H28N4O4S. The first-order valence-corrected chi connectivity index (χ1v) is 12.4. The summed E-state index contributed by atoms with van der Waals surface area (Å²) < 4.78 is 33.9. The van der Waals surface area contributed by atoms with E-state index < -0.39 is 10.0 Å².